The standard InChI is InChI=1S/C14H17N3O2/c18-14(19)12-6-11-13(7-15-12)17(9-16-11)8-10-4-2-1-3-5-10/h1-5,12,15-16H,6-9H2,(H,18,19)/t12-/m0/s1. The summed E-state index contributed by atoms with van der Waals surface area (Å²) in [6.45, 7) is 2.23. The van der Waals surface area contributed by atoms with E-state index < -0.39 is 12.0 Å². The largest absolute Gasteiger partial charge is 0.480 e. The van der Waals surface area contributed by atoms with Crippen molar-refractivity contribution < 1.29 is 9.90 Å². The number of rotatable bonds is 3. The van der Waals surface area contributed by atoms with Crippen molar-refractivity contribution >= 4 is 5.97 Å². The summed E-state index contributed by atoms with van der Waals surface area (Å²) < 4.78 is 0. The average Bonchev–Trinajstić information content (AvgIpc) is 2.82. The van der Waals surface area contributed by atoms with E-state index in [2.05, 4.69) is 27.7 Å². The molecule has 3 N–H and O–H groups in total. The van der Waals surface area contributed by atoms with Gasteiger partial charge in [-0.15, -0.1) is 0 Å². The van der Waals surface area contributed by atoms with Crippen LogP contribution in [-0.4, -0.2) is 35.2 Å². The maximum atomic E-state index is 11.0. The summed E-state index contributed by atoms with van der Waals surface area (Å²) in [7, 11) is 0. The lowest BCUT2D eigenvalue weighted by molar-refractivity contribution is -0.139. The van der Waals surface area contributed by atoms with Crippen LogP contribution in [0.15, 0.2) is 41.7 Å². The number of carboxylic acid groups (broad SMARTS) is 1. The fraction of sp³-hybridized carbons (Fsp3) is 0.357. The molecule has 2 heterocycles. The maximum Gasteiger partial charge on any atom is 0.321 e. The minimum absolute atomic E-state index is 0.470. The van der Waals surface area contributed by atoms with E-state index in [0.717, 1.165) is 18.9 Å². The number of hydrogen-bond acceptors (Lipinski definition) is 4. The predicted octanol–water partition coefficient (Wildman–Crippen LogP) is 0.707. The normalized spacial score (nSPS) is 22.1. The van der Waals surface area contributed by atoms with Crippen molar-refractivity contribution in [3.8, 4) is 0 Å². The molecule has 0 spiro atoms. The molecule has 5 nitrogen and oxygen atoms in total. The number of aliphatic carboxylic acids is 1. The van der Waals surface area contributed by atoms with Gasteiger partial charge in [0.05, 0.1) is 6.67 Å². The van der Waals surface area contributed by atoms with Gasteiger partial charge >= 0.3 is 5.97 Å². The van der Waals surface area contributed by atoms with Gasteiger partial charge in [-0.2, -0.15) is 0 Å². The van der Waals surface area contributed by atoms with Crippen LogP contribution in [0.25, 0.3) is 0 Å². The van der Waals surface area contributed by atoms with E-state index in [9.17, 15) is 4.79 Å². The Morgan fingerprint density at radius 3 is 2.89 bits per heavy atom. The van der Waals surface area contributed by atoms with E-state index in [1.54, 1.807) is 0 Å². The van der Waals surface area contributed by atoms with Crippen LogP contribution in [-0.2, 0) is 11.3 Å². The van der Waals surface area contributed by atoms with Crippen molar-refractivity contribution in [2.75, 3.05) is 13.2 Å². The molecule has 0 unspecified atom stereocenters. The van der Waals surface area contributed by atoms with Crippen LogP contribution >= 0.6 is 0 Å². The molecular formula is C14H17N3O2. The monoisotopic (exact) mass is 259 g/mol. The lowest BCUT2D eigenvalue weighted by Gasteiger charge is -2.26. The van der Waals surface area contributed by atoms with E-state index >= 15 is 0 Å². The summed E-state index contributed by atoms with van der Waals surface area (Å²) in [5.41, 5.74) is 3.53. The first-order valence-corrected chi connectivity index (χ1v) is 6.45. The summed E-state index contributed by atoms with van der Waals surface area (Å²) in [4.78, 5) is 13.2. The highest BCUT2D eigenvalue weighted by molar-refractivity contribution is 5.74. The fourth-order valence-corrected chi connectivity index (χ4v) is 2.61. The van der Waals surface area contributed by atoms with Gasteiger partial charge < -0.3 is 15.3 Å². The number of nitrogens with one attached hydrogen (secondary N) is 2. The Kier molecular flexibility index (Phi) is 3.13. The highest BCUT2D eigenvalue weighted by Gasteiger charge is 2.31. The van der Waals surface area contributed by atoms with Gasteiger partial charge in [0.25, 0.3) is 0 Å². The van der Waals surface area contributed by atoms with Crippen LogP contribution in [0.5, 0.6) is 0 Å². The molecule has 2 aliphatic rings. The molecule has 0 aromatic heterocycles. The molecule has 3 rings (SSSR count). The second-order valence-electron chi connectivity index (χ2n) is 4.92. The van der Waals surface area contributed by atoms with Gasteiger partial charge in [-0.25, -0.2) is 0 Å². The van der Waals surface area contributed by atoms with Gasteiger partial charge in [0.2, 0.25) is 0 Å². The first kappa shape index (κ1) is 12.0. The fourth-order valence-electron chi connectivity index (χ4n) is 2.61. The number of benzene rings is 1. The molecule has 0 saturated carbocycles. The van der Waals surface area contributed by atoms with Crippen molar-refractivity contribution in [3.05, 3.63) is 47.3 Å². The molecule has 0 bridgehead atoms. The van der Waals surface area contributed by atoms with Crippen molar-refractivity contribution in [2.45, 2.75) is 19.0 Å². The summed E-state index contributed by atoms with van der Waals surface area (Å²) in [6.07, 6.45) is 0.538. The van der Waals surface area contributed by atoms with Crippen LogP contribution in [0.3, 0.4) is 0 Å². The van der Waals surface area contributed by atoms with Gasteiger partial charge in [-0.05, 0) is 5.56 Å². The minimum atomic E-state index is -0.783. The van der Waals surface area contributed by atoms with Crippen LogP contribution in [0.4, 0.5) is 0 Å². The number of hydrogen-bond donors (Lipinski definition) is 3. The van der Waals surface area contributed by atoms with Gasteiger partial charge in [0.15, 0.2) is 0 Å². The van der Waals surface area contributed by atoms with Crippen molar-refractivity contribution in [1.29, 1.82) is 0 Å². The Hall–Kier alpha value is -2.01. The molecular weight excluding hydrogens is 242 g/mol. The van der Waals surface area contributed by atoms with E-state index in [1.807, 2.05) is 18.2 Å². The van der Waals surface area contributed by atoms with Gasteiger partial charge in [0.1, 0.15) is 6.04 Å². The van der Waals surface area contributed by atoms with Crippen molar-refractivity contribution in [3.63, 3.8) is 0 Å². The van der Waals surface area contributed by atoms with E-state index in [0.29, 0.717) is 13.0 Å². The van der Waals surface area contributed by atoms with Crippen LogP contribution in [0, 0.1) is 0 Å². The lowest BCUT2D eigenvalue weighted by atomic mass is 10.1. The third-order valence-electron chi connectivity index (χ3n) is 3.65. The topological polar surface area (TPSA) is 64.6 Å². The quantitative estimate of drug-likeness (QED) is 0.746. The number of nitrogens with zero attached hydrogens (tertiary/aromatic N) is 1. The minimum Gasteiger partial charge on any atom is -0.480 e. The second-order valence-corrected chi connectivity index (χ2v) is 4.92. The van der Waals surface area contributed by atoms with E-state index in [-0.39, 0.29) is 0 Å². The Bertz CT molecular complexity index is 513. The van der Waals surface area contributed by atoms with Crippen LogP contribution in [0.1, 0.15) is 12.0 Å². The summed E-state index contributed by atoms with van der Waals surface area (Å²) in [6, 6.07) is 9.82. The molecule has 19 heavy (non-hydrogen) atoms. The Morgan fingerprint density at radius 1 is 1.37 bits per heavy atom. The smallest absolute Gasteiger partial charge is 0.321 e. The Labute approximate surface area is 111 Å². The molecule has 2 aliphatic heterocycles. The number of carboxylic acids is 1. The molecule has 100 valence electrons. The zero-order valence-corrected chi connectivity index (χ0v) is 10.6. The lowest BCUT2D eigenvalue weighted by Crippen LogP contribution is -2.43. The maximum absolute atomic E-state index is 11.0. The Balaban J connectivity index is 1.72. The molecule has 0 fully saturated rings. The zero-order valence-electron chi connectivity index (χ0n) is 10.6. The van der Waals surface area contributed by atoms with Gasteiger partial charge in [-0.3, -0.25) is 10.1 Å². The van der Waals surface area contributed by atoms with Crippen LogP contribution in [0.2, 0.25) is 0 Å². The summed E-state index contributed by atoms with van der Waals surface area (Å²) in [5.74, 6) is -0.783. The van der Waals surface area contributed by atoms with Crippen molar-refractivity contribution in [1.82, 2.24) is 15.5 Å². The third kappa shape index (κ3) is 2.42. The first-order valence-electron chi connectivity index (χ1n) is 6.45. The predicted molar refractivity (Wildman–Crippen MR) is 71.1 cm³/mol. The first-order chi connectivity index (χ1) is 9.24. The summed E-state index contributed by atoms with van der Waals surface area (Å²) in [5, 5.41) is 15.4. The molecule has 0 saturated heterocycles. The molecule has 0 aliphatic carbocycles. The SMILES string of the molecule is O=C(O)[C@@H]1CC2=C(CN1)N(Cc1ccccc1)CN2. The highest BCUT2D eigenvalue weighted by atomic mass is 16.4. The molecule has 0 radical (unpaired) electrons. The Morgan fingerprint density at radius 2 is 2.16 bits per heavy atom. The van der Waals surface area contributed by atoms with Gasteiger partial charge in [0, 0.05) is 30.9 Å². The van der Waals surface area contributed by atoms with E-state index in [1.165, 1.54) is 11.3 Å². The average molecular weight is 259 g/mol. The zero-order chi connectivity index (χ0) is 13.2. The van der Waals surface area contributed by atoms with Gasteiger partial charge in [-0.1, -0.05) is 30.3 Å². The highest BCUT2D eigenvalue weighted by Crippen LogP contribution is 2.24. The molecule has 1 aromatic carbocycles. The van der Waals surface area contributed by atoms with Crippen molar-refractivity contribution in [2.24, 2.45) is 0 Å². The molecule has 1 atom stereocenters. The summed E-state index contributed by atoms with van der Waals surface area (Å²) >= 11 is 0. The number of carbonyl (C=O) groups is 1. The molecule has 1 aromatic rings. The second kappa shape index (κ2) is 4.93. The molecule has 5 heteroatoms. The van der Waals surface area contributed by atoms with Crippen LogP contribution < -0.4 is 10.6 Å². The third-order valence-corrected chi connectivity index (χ3v) is 3.65. The van der Waals surface area contributed by atoms with E-state index in [4.69, 9.17) is 5.11 Å². The molecule has 0 amide bonds.